The summed E-state index contributed by atoms with van der Waals surface area (Å²) in [5.74, 6) is -0.0367. The van der Waals surface area contributed by atoms with Gasteiger partial charge in [-0.3, -0.25) is 4.79 Å². The Labute approximate surface area is 119 Å². The molecule has 2 atom stereocenters. The van der Waals surface area contributed by atoms with Crippen LogP contribution in [0.2, 0.25) is 0 Å². The van der Waals surface area contributed by atoms with E-state index in [1.807, 2.05) is 0 Å². The van der Waals surface area contributed by atoms with Crippen LogP contribution in [0.4, 0.5) is 0 Å². The molecule has 2 N–H and O–H groups in total. The largest absolute Gasteiger partial charge is 0.496 e. The van der Waals surface area contributed by atoms with E-state index in [0.717, 1.165) is 25.7 Å². The molecule has 1 aromatic rings. The summed E-state index contributed by atoms with van der Waals surface area (Å²) >= 11 is 0. The van der Waals surface area contributed by atoms with Gasteiger partial charge >= 0.3 is 0 Å². The number of Topliss-reactive ketones (excluding diaryl/α,β-unsaturated/α-hetero) is 1. The predicted octanol–water partition coefficient (Wildman–Crippen LogP) is 2.18. The molecule has 0 spiro atoms. The Balaban J connectivity index is 2.11. The van der Waals surface area contributed by atoms with Crippen LogP contribution in [0, 0.1) is 5.92 Å². The molecule has 1 fully saturated rings. The number of carbonyl (C=O) groups excluding carboxylic acids is 1. The SMILES string of the molecule is COc1ccccc1C(=O)[C@H](O)[C@H](O)C1CCCCC1. The third-order valence-corrected chi connectivity index (χ3v) is 4.10. The average molecular weight is 278 g/mol. The van der Waals surface area contributed by atoms with Crippen LogP contribution in [0.15, 0.2) is 24.3 Å². The summed E-state index contributed by atoms with van der Waals surface area (Å²) in [6.45, 7) is 0. The molecular formula is C16H22O4. The van der Waals surface area contributed by atoms with Gasteiger partial charge in [-0.05, 0) is 30.9 Å². The highest BCUT2D eigenvalue weighted by Gasteiger charge is 2.33. The fourth-order valence-corrected chi connectivity index (χ4v) is 2.90. The van der Waals surface area contributed by atoms with E-state index in [1.165, 1.54) is 13.5 Å². The van der Waals surface area contributed by atoms with Crippen LogP contribution in [0.25, 0.3) is 0 Å². The van der Waals surface area contributed by atoms with Crippen molar-refractivity contribution in [2.45, 2.75) is 44.3 Å². The second kappa shape index (κ2) is 6.86. The van der Waals surface area contributed by atoms with Gasteiger partial charge in [0.05, 0.1) is 18.8 Å². The van der Waals surface area contributed by atoms with Gasteiger partial charge in [0.2, 0.25) is 0 Å². The second-order valence-corrected chi connectivity index (χ2v) is 5.40. The smallest absolute Gasteiger partial charge is 0.197 e. The molecule has 0 amide bonds. The van der Waals surface area contributed by atoms with Gasteiger partial charge in [0, 0.05) is 0 Å². The van der Waals surface area contributed by atoms with E-state index in [4.69, 9.17) is 4.74 Å². The van der Waals surface area contributed by atoms with Gasteiger partial charge in [0.15, 0.2) is 5.78 Å². The van der Waals surface area contributed by atoms with Crippen LogP contribution >= 0.6 is 0 Å². The third kappa shape index (κ3) is 3.19. The van der Waals surface area contributed by atoms with Gasteiger partial charge in [0.25, 0.3) is 0 Å². The molecule has 0 bridgehead atoms. The molecule has 110 valence electrons. The first-order valence-corrected chi connectivity index (χ1v) is 7.18. The molecule has 1 aliphatic carbocycles. The van der Waals surface area contributed by atoms with Gasteiger partial charge in [-0.15, -0.1) is 0 Å². The van der Waals surface area contributed by atoms with E-state index in [2.05, 4.69) is 0 Å². The first-order chi connectivity index (χ1) is 9.65. The number of methoxy groups -OCH3 is 1. The minimum Gasteiger partial charge on any atom is -0.496 e. The highest BCUT2D eigenvalue weighted by molar-refractivity contribution is 6.02. The molecular weight excluding hydrogens is 256 g/mol. The Bertz CT molecular complexity index is 452. The number of hydrogen-bond donors (Lipinski definition) is 2. The Hall–Kier alpha value is -1.39. The van der Waals surface area contributed by atoms with Gasteiger partial charge < -0.3 is 14.9 Å². The summed E-state index contributed by atoms with van der Waals surface area (Å²) in [6, 6.07) is 6.76. The fourth-order valence-electron chi connectivity index (χ4n) is 2.90. The fraction of sp³-hybridized carbons (Fsp3) is 0.562. The van der Waals surface area contributed by atoms with Crippen molar-refractivity contribution in [1.82, 2.24) is 0 Å². The topological polar surface area (TPSA) is 66.8 Å². The molecule has 0 aromatic heterocycles. The molecule has 0 aliphatic heterocycles. The van der Waals surface area contributed by atoms with Crippen molar-refractivity contribution in [1.29, 1.82) is 0 Å². The zero-order chi connectivity index (χ0) is 14.5. The molecule has 4 heteroatoms. The molecule has 1 aromatic carbocycles. The van der Waals surface area contributed by atoms with Crippen molar-refractivity contribution < 1.29 is 19.7 Å². The summed E-state index contributed by atoms with van der Waals surface area (Å²) in [4.78, 5) is 12.3. The Kier molecular flexibility index (Phi) is 5.15. The summed E-state index contributed by atoms with van der Waals surface area (Å²) in [6.07, 6.45) is 2.64. The van der Waals surface area contributed by atoms with Crippen LogP contribution in [0.5, 0.6) is 5.75 Å². The van der Waals surface area contributed by atoms with E-state index < -0.39 is 18.0 Å². The zero-order valence-corrected chi connectivity index (χ0v) is 11.8. The zero-order valence-electron chi connectivity index (χ0n) is 11.8. The maximum atomic E-state index is 12.3. The van der Waals surface area contributed by atoms with Crippen LogP contribution in [-0.4, -0.2) is 35.3 Å². The Morgan fingerprint density at radius 1 is 1.20 bits per heavy atom. The summed E-state index contributed by atoms with van der Waals surface area (Å²) in [7, 11) is 1.48. The molecule has 0 unspecified atom stereocenters. The lowest BCUT2D eigenvalue weighted by Gasteiger charge is -2.29. The molecule has 0 heterocycles. The van der Waals surface area contributed by atoms with Crippen LogP contribution < -0.4 is 4.74 Å². The maximum absolute atomic E-state index is 12.3. The maximum Gasteiger partial charge on any atom is 0.197 e. The van der Waals surface area contributed by atoms with Gasteiger partial charge in [0.1, 0.15) is 11.9 Å². The summed E-state index contributed by atoms with van der Waals surface area (Å²) < 4.78 is 5.13. The molecule has 1 saturated carbocycles. The Morgan fingerprint density at radius 2 is 1.85 bits per heavy atom. The minimum atomic E-state index is -1.38. The number of ether oxygens (including phenoxy) is 1. The van der Waals surface area contributed by atoms with Crippen LogP contribution in [0.1, 0.15) is 42.5 Å². The van der Waals surface area contributed by atoms with Gasteiger partial charge in [-0.1, -0.05) is 31.4 Å². The van der Waals surface area contributed by atoms with Crippen molar-refractivity contribution >= 4 is 5.78 Å². The molecule has 0 saturated heterocycles. The quantitative estimate of drug-likeness (QED) is 0.810. The minimum absolute atomic E-state index is 0.0115. The van der Waals surface area contributed by atoms with E-state index in [-0.39, 0.29) is 5.92 Å². The van der Waals surface area contributed by atoms with E-state index in [1.54, 1.807) is 24.3 Å². The molecule has 1 aliphatic rings. The van der Waals surface area contributed by atoms with Gasteiger partial charge in [-0.2, -0.15) is 0 Å². The highest BCUT2D eigenvalue weighted by Crippen LogP contribution is 2.29. The van der Waals surface area contributed by atoms with Crippen molar-refractivity contribution in [2.24, 2.45) is 5.92 Å². The standard InChI is InChI=1S/C16H22O4/c1-20-13-10-6-5-9-12(13)15(18)16(19)14(17)11-7-3-2-4-8-11/h5-6,9-11,14,16-17,19H,2-4,7-8H2,1H3/t14-,16-/m1/s1. The van der Waals surface area contributed by atoms with Crippen molar-refractivity contribution in [3.05, 3.63) is 29.8 Å². The summed E-state index contributed by atoms with van der Waals surface area (Å²) in [5, 5.41) is 20.4. The van der Waals surface area contributed by atoms with Crippen LogP contribution in [-0.2, 0) is 0 Å². The van der Waals surface area contributed by atoms with Crippen LogP contribution in [0.3, 0.4) is 0 Å². The van der Waals surface area contributed by atoms with Crippen molar-refractivity contribution in [2.75, 3.05) is 7.11 Å². The monoisotopic (exact) mass is 278 g/mol. The molecule has 0 radical (unpaired) electrons. The number of aliphatic hydroxyl groups excluding tert-OH is 2. The number of carbonyl (C=O) groups is 1. The van der Waals surface area contributed by atoms with E-state index in [0.29, 0.717) is 11.3 Å². The predicted molar refractivity (Wildman–Crippen MR) is 75.9 cm³/mol. The van der Waals surface area contributed by atoms with E-state index >= 15 is 0 Å². The van der Waals surface area contributed by atoms with Crippen molar-refractivity contribution in [3.8, 4) is 5.75 Å². The van der Waals surface area contributed by atoms with Crippen molar-refractivity contribution in [3.63, 3.8) is 0 Å². The third-order valence-electron chi connectivity index (χ3n) is 4.10. The normalized spacial score (nSPS) is 19.4. The summed E-state index contributed by atoms with van der Waals surface area (Å²) in [5.41, 5.74) is 0.317. The number of benzene rings is 1. The lowest BCUT2D eigenvalue weighted by molar-refractivity contribution is -0.0158. The lowest BCUT2D eigenvalue weighted by atomic mass is 9.82. The number of aliphatic hydroxyl groups is 2. The molecule has 20 heavy (non-hydrogen) atoms. The first kappa shape index (κ1) is 15.0. The highest BCUT2D eigenvalue weighted by atomic mass is 16.5. The van der Waals surface area contributed by atoms with Gasteiger partial charge in [-0.25, -0.2) is 0 Å². The number of ketones is 1. The second-order valence-electron chi connectivity index (χ2n) is 5.40. The number of rotatable bonds is 5. The first-order valence-electron chi connectivity index (χ1n) is 7.18. The average Bonchev–Trinajstić information content (AvgIpc) is 2.53. The number of hydrogen-bond acceptors (Lipinski definition) is 4. The number of para-hydroxylation sites is 1. The Morgan fingerprint density at radius 3 is 2.50 bits per heavy atom. The molecule has 4 nitrogen and oxygen atoms in total. The van der Waals surface area contributed by atoms with E-state index in [9.17, 15) is 15.0 Å². The lowest BCUT2D eigenvalue weighted by Crippen LogP contribution is -2.40. The molecule has 2 rings (SSSR count).